The lowest BCUT2D eigenvalue weighted by molar-refractivity contribution is -0.150. The van der Waals surface area contributed by atoms with Crippen LogP contribution in [0.1, 0.15) is 41.2 Å². The van der Waals surface area contributed by atoms with Crippen molar-refractivity contribution < 1.29 is 35.8 Å². The molecule has 4 unspecified atom stereocenters. The lowest BCUT2D eigenvalue weighted by atomic mass is 9.87. The topological polar surface area (TPSA) is 21.7 Å². The minimum absolute atomic E-state index is 0.0526. The Morgan fingerprint density at radius 2 is 1.53 bits per heavy atom. The molecule has 4 atom stereocenters. The van der Waals surface area contributed by atoms with Crippen molar-refractivity contribution in [3.63, 3.8) is 0 Å². The van der Waals surface area contributed by atoms with Crippen LogP contribution in [0.15, 0.2) is 48.5 Å². The van der Waals surface area contributed by atoms with Gasteiger partial charge >= 0.3 is 12.4 Å². The van der Waals surface area contributed by atoms with Gasteiger partial charge in [0, 0.05) is 18.4 Å². The summed E-state index contributed by atoms with van der Waals surface area (Å²) in [5, 5.41) is 0. The maximum atomic E-state index is 13.2. The van der Waals surface area contributed by atoms with Gasteiger partial charge in [-0.05, 0) is 50.3 Å². The fourth-order valence-corrected chi connectivity index (χ4v) is 4.01. The van der Waals surface area contributed by atoms with Gasteiger partial charge in [0.2, 0.25) is 0 Å². The summed E-state index contributed by atoms with van der Waals surface area (Å²) in [6.45, 7) is 2.49. The van der Waals surface area contributed by atoms with E-state index in [1.807, 2.05) is 49.3 Å². The first-order chi connectivity index (χ1) is 14.9. The number of hydrogen-bond acceptors (Lipinski definition) is 3. The predicted molar refractivity (Wildman–Crippen MR) is 107 cm³/mol. The third-order valence-electron chi connectivity index (χ3n) is 5.48. The number of benzene rings is 2. The van der Waals surface area contributed by atoms with Crippen LogP contribution in [0.3, 0.4) is 0 Å². The molecule has 0 saturated carbocycles. The van der Waals surface area contributed by atoms with E-state index in [0.717, 1.165) is 5.56 Å². The molecule has 3 rings (SSSR count). The third kappa shape index (κ3) is 5.82. The quantitative estimate of drug-likeness (QED) is 0.484. The summed E-state index contributed by atoms with van der Waals surface area (Å²) in [5.74, 6) is -0.161. The van der Waals surface area contributed by atoms with Crippen molar-refractivity contribution >= 4 is 0 Å². The molecule has 0 aliphatic carbocycles. The number of nitrogens with zero attached hydrogens (tertiary/aromatic N) is 1. The molecule has 0 amide bonds. The van der Waals surface area contributed by atoms with Gasteiger partial charge in [0.15, 0.2) is 6.29 Å². The third-order valence-corrected chi connectivity index (χ3v) is 5.48. The van der Waals surface area contributed by atoms with Gasteiger partial charge in [-0.1, -0.05) is 30.3 Å². The van der Waals surface area contributed by atoms with Crippen molar-refractivity contribution in [2.24, 2.45) is 5.92 Å². The Balaban J connectivity index is 1.90. The molecule has 0 N–H and O–H groups in total. The zero-order chi connectivity index (χ0) is 23.7. The number of halogens is 6. The Morgan fingerprint density at radius 1 is 0.969 bits per heavy atom. The van der Waals surface area contributed by atoms with E-state index in [9.17, 15) is 26.3 Å². The van der Waals surface area contributed by atoms with Gasteiger partial charge < -0.3 is 14.4 Å². The highest BCUT2D eigenvalue weighted by molar-refractivity contribution is 5.34. The van der Waals surface area contributed by atoms with Gasteiger partial charge in [0.1, 0.15) is 0 Å². The van der Waals surface area contributed by atoms with Gasteiger partial charge in [0.05, 0.1) is 23.8 Å². The molecular formula is C23H25F6NO2. The fourth-order valence-electron chi connectivity index (χ4n) is 4.01. The standard InChI is InChI=1S/C23H25F6NO2/c1-14(16-9-18(22(24,25)26)11-19(10-16)23(27,28)29)32-21-20(15-7-5-4-6-8-15)17(13-31-21)12-30(2)3/h4-11,14,17,20-21H,12-13H2,1-3H3. The molecule has 1 fully saturated rings. The molecule has 0 bridgehead atoms. The Morgan fingerprint density at radius 3 is 2.03 bits per heavy atom. The first-order valence-corrected chi connectivity index (χ1v) is 10.1. The molecule has 0 aromatic heterocycles. The maximum Gasteiger partial charge on any atom is 0.416 e. The second-order valence-corrected chi connectivity index (χ2v) is 8.28. The molecule has 2 aromatic rings. The van der Waals surface area contributed by atoms with Crippen LogP contribution in [-0.4, -0.2) is 38.4 Å². The van der Waals surface area contributed by atoms with E-state index < -0.39 is 35.9 Å². The van der Waals surface area contributed by atoms with Gasteiger partial charge in [-0.2, -0.15) is 26.3 Å². The minimum Gasteiger partial charge on any atom is -0.352 e. The van der Waals surface area contributed by atoms with Crippen LogP contribution in [-0.2, 0) is 21.8 Å². The monoisotopic (exact) mass is 461 g/mol. The normalized spacial score (nSPS) is 23.0. The molecule has 0 spiro atoms. The van der Waals surface area contributed by atoms with Crippen LogP contribution >= 0.6 is 0 Å². The van der Waals surface area contributed by atoms with Crippen LogP contribution in [0.5, 0.6) is 0 Å². The zero-order valence-corrected chi connectivity index (χ0v) is 17.9. The molecule has 176 valence electrons. The first kappa shape index (κ1) is 24.5. The van der Waals surface area contributed by atoms with Crippen molar-refractivity contribution in [1.82, 2.24) is 4.90 Å². The smallest absolute Gasteiger partial charge is 0.352 e. The maximum absolute atomic E-state index is 13.2. The summed E-state index contributed by atoms with van der Waals surface area (Å²) < 4.78 is 91.1. The number of alkyl halides is 6. The molecule has 1 heterocycles. The van der Waals surface area contributed by atoms with Crippen molar-refractivity contribution in [3.8, 4) is 0 Å². The van der Waals surface area contributed by atoms with E-state index in [4.69, 9.17) is 9.47 Å². The second-order valence-electron chi connectivity index (χ2n) is 8.28. The van der Waals surface area contributed by atoms with E-state index in [1.165, 1.54) is 6.92 Å². The van der Waals surface area contributed by atoms with Crippen molar-refractivity contribution in [3.05, 3.63) is 70.8 Å². The Hall–Kier alpha value is -2.10. The van der Waals surface area contributed by atoms with Crippen LogP contribution < -0.4 is 0 Å². The molecule has 2 aromatic carbocycles. The lowest BCUT2D eigenvalue weighted by Crippen LogP contribution is -2.29. The number of ether oxygens (including phenoxy) is 2. The SMILES string of the molecule is CC(OC1OCC(CN(C)C)C1c1ccccc1)c1cc(C(F)(F)F)cc(C(F)(F)F)c1. The summed E-state index contributed by atoms with van der Waals surface area (Å²) in [7, 11) is 3.83. The van der Waals surface area contributed by atoms with E-state index in [0.29, 0.717) is 25.3 Å². The Bertz CT molecular complexity index is 865. The summed E-state index contributed by atoms with van der Waals surface area (Å²) in [5.41, 5.74) is -2.00. The van der Waals surface area contributed by atoms with E-state index in [-0.39, 0.29) is 23.5 Å². The molecule has 3 nitrogen and oxygen atoms in total. The minimum atomic E-state index is -4.91. The fraction of sp³-hybridized carbons (Fsp3) is 0.478. The molecule has 1 aliphatic rings. The van der Waals surface area contributed by atoms with Crippen LogP contribution in [0, 0.1) is 5.92 Å². The van der Waals surface area contributed by atoms with Crippen LogP contribution in [0.25, 0.3) is 0 Å². The number of hydrogen-bond donors (Lipinski definition) is 0. The largest absolute Gasteiger partial charge is 0.416 e. The van der Waals surface area contributed by atoms with Crippen molar-refractivity contribution in [1.29, 1.82) is 0 Å². The summed E-state index contributed by atoms with van der Waals surface area (Å²) in [6, 6.07) is 10.9. The van der Waals surface area contributed by atoms with E-state index in [2.05, 4.69) is 0 Å². The summed E-state index contributed by atoms with van der Waals surface area (Å²) in [4.78, 5) is 2.00. The van der Waals surface area contributed by atoms with Crippen molar-refractivity contribution in [2.45, 2.75) is 37.6 Å². The molecule has 1 aliphatic heterocycles. The zero-order valence-electron chi connectivity index (χ0n) is 17.9. The van der Waals surface area contributed by atoms with E-state index >= 15 is 0 Å². The molecule has 1 saturated heterocycles. The predicted octanol–water partition coefficient (Wildman–Crippen LogP) is 6.12. The highest BCUT2D eigenvalue weighted by Gasteiger charge is 2.41. The van der Waals surface area contributed by atoms with Crippen LogP contribution in [0.4, 0.5) is 26.3 Å². The second kappa shape index (κ2) is 9.41. The molecular weight excluding hydrogens is 436 g/mol. The van der Waals surface area contributed by atoms with Gasteiger partial charge in [-0.3, -0.25) is 0 Å². The molecule has 0 radical (unpaired) electrons. The van der Waals surface area contributed by atoms with E-state index in [1.54, 1.807) is 0 Å². The molecule has 32 heavy (non-hydrogen) atoms. The lowest BCUT2D eigenvalue weighted by Gasteiger charge is -2.28. The highest BCUT2D eigenvalue weighted by Crippen LogP contribution is 2.41. The van der Waals surface area contributed by atoms with Gasteiger partial charge in [0.25, 0.3) is 0 Å². The summed E-state index contributed by atoms with van der Waals surface area (Å²) >= 11 is 0. The van der Waals surface area contributed by atoms with Gasteiger partial charge in [-0.25, -0.2) is 0 Å². The average Bonchev–Trinajstić information content (AvgIpc) is 3.08. The van der Waals surface area contributed by atoms with Gasteiger partial charge in [-0.15, -0.1) is 0 Å². The number of rotatable bonds is 6. The average molecular weight is 461 g/mol. The highest BCUT2D eigenvalue weighted by atomic mass is 19.4. The summed E-state index contributed by atoms with van der Waals surface area (Å²) in [6.07, 6.45) is -11.7. The van der Waals surface area contributed by atoms with Crippen LogP contribution in [0.2, 0.25) is 0 Å². The Kier molecular flexibility index (Phi) is 7.21. The first-order valence-electron chi connectivity index (χ1n) is 10.1. The molecule has 9 heteroatoms. The Labute approximate surface area is 182 Å². The van der Waals surface area contributed by atoms with Crippen molar-refractivity contribution in [2.75, 3.05) is 27.2 Å².